The lowest BCUT2D eigenvalue weighted by molar-refractivity contribution is -0.116. The molecule has 0 saturated heterocycles. The van der Waals surface area contributed by atoms with Crippen molar-refractivity contribution in [3.63, 3.8) is 0 Å². The summed E-state index contributed by atoms with van der Waals surface area (Å²) in [4.78, 5) is 28.4. The standard InChI is InChI=1S/C31H34N4O3/c1-5-6-20-34(31(37)25-14-12-22(2)13-15-25)21-28(36)32-30-29(24-10-8-7-9-11-24)23(3)33-35(30)26-16-18-27(38-4)19-17-26/h7-19H,5-6,20-21H2,1-4H3,(H,32,36). The Balaban J connectivity index is 1.67. The Hall–Kier alpha value is -4.39. The number of hydrogen-bond donors (Lipinski definition) is 1. The van der Waals surface area contributed by atoms with E-state index in [2.05, 4.69) is 12.2 Å². The average molecular weight is 511 g/mol. The zero-order valence-corrected chi connectivity index (χ0v) is 22.4. The molecular weight excluding hydrogens is 476 g/mol. The molecule has 0 fully saturated rings. The van der Waals surface area contributed by atoms with Crippen molar-refractivity contribution >= 4 is 17.6 Å². The van der Waals surface area contributed by atoms with Gasteiger partial charge < -0.3 is 15.0 Å². The second-order valence-electron chi connectivity index (χ2n) is 9.28. The topological polar surface area (TPSA) is 76.5 Å². The molecule has 0 spiro atoms. The third-order valence-corrected chi connectivity index (χ3v) is 6.40. The summed E-state index contributed by atoms with van der Waals surface area (Å²) in [6.45, 7) is 6.41. The molecule has 0 unspecified atom stereocenters. The van der Waals surface area contributed by atoms with Crippen LogP contribution in [0.2, 0.25) is 0 Å². The normalized spacial score (nSPS) is 10.7. The maximum atomic E-state index is 13.5. The van der Waals surface area contributed by atoms with Gasteiger partial charge in [0.25, 0.3) is 5.91 Å². The minimum Gasteiger partial charge on any atom is -0.497 e. The van der Waals surface area contributed by atoms with Gasteiger partial charge in [-0.05, 0) is 62.2 Å². The number of carbonyl (C=O) groups excluding carboxylic acids is 2. The molecule has 38 heavy (non-hydrogen) atoms. The molecule has 7 nitrogen and oxygen atoms in total. The van der Waals surface area contributed by atoms with Crippen LogP contribution in [-0.4, -0.2) is 46.7 Å². The molecule has 0 radical (unpaired) electrons. The molecule has 4 rings (SSSR count). The molecule has 7 heteroatoms. The van der Waals surface area contributed by atoms with Crippen LogP contribution >= 0.6 is 0 Å². The lowest BCUT2D eigenvalue weighted by atomic mass is 10.1. The number of aromatic nitrogens is 2. The zero-order valence-electron chi connectivity index (χ0n) is 22.4. The summed E-state index contributed by atoms with van der Waals surface area (Å²) in [6.07, 6.45) is 1.73. The van der Waals surface area contributed by atoms with E-state index < -0.39 is 0 Å². The Morgan fingerprint density at radius 1 is 0.947 bits per heavy atom. The van der Waals surface area contributed by atoms with Gasteiger partial charge in [-0.25, -0.2) is 4.68 Å². The van der Waals surface area contributed by atoms with Crippen LogP contribution in [0.1, 0.15) is 41.4 Å². The van der Waals surface area contributed by atoms with E-state index in [9.17, 15) is 9.59 Å². The number of anilines is 1. The zero-order chi connectivity index (χ0) is 27.1. The summed E-state index contributed by atoms with van der Waals surface area (Å²) in [5.41, 5.74) is 4.99. The number of unbranched alkanes of at least 4 members (excludes halogenated alkanes) is 1. The minimum absolute atomic E-state index is 0.0617. The molecular formula is C31H34N4O3. The molecule has 0 aliphatic rings. The third kappa shape index (κ3) is 6.11. The first-order valence-electron chi connectivity index (χ1n) is 12.9. The van der Waals surface area contributed by atoms with Gasteiger partial charge in [0.2, 0.25) is 5.91 Å². The Morgan fingerprint density at radius 3 is 2.26 bits per heavy atom. The van der Waals surface area contributed by atoms with Crippen LogP contribution in [0.4, 0.5) is 5.82 Å². The van der Waals surface area contributed by atoms with E-state index in [1.807, 2.05) is 92.7 Å². The molecule has 2 amide bonds. The van der Waals surface area contributed by atoms with Crippen LogP contribution in [-0.2, 0) is 4.79 Å². The molecule has 3 aromatic carbocycles. The maximum absolute atomic E-state index is 13.5. The van der Waals surface area contributed by atoms with Crippen molar-refractivity contribution in [1.29, 1.82) is 0 Å². The molecule has 0 aliphatic heterocycles. The van der Waals surface area contributed by atoms with Crippen molar-refractivity contribution in [1.82, 2.24) is 14.7 Å². The number of benzene rings is 3. The Morgan fingerprint density at radius 2 is 1.63 bits per heavy atom. The van der Waals surface area contributed by atoms with Crippen molar-refractivity contribution in [3.8, 4) is 22.6 Å². The summed E-state index contributed by atoms with van der Waals surface area (Å²) in [7, 11) is 1.62. The molecule has 1 N–H and O–H groups in total. The van der Waals surface area contributed by atoms with Gasteiger partial charge in [-0.3, -0.25) is 9.59 Å². The monoisotopic (exact) mass is 510 g/mol. The van der Waals surface area contributed by atoms with E-state index in [-0.39, 0.29) is 18.4 Å². The van der Waals surface area contributed by atoms with Crippen molar-refractivity contribution in [2.75, 3.05) is 25.5 Å². The van der Waals surface area contributed by atoms with Crippen LogP contribution in [0, 0.1) is 13.8 Å². The minimum atomic E-state index is -0.284. The number of carbonyl (C=O) groups is 2. The van der Waals surface area contributed by atoms with Gasteiger partial charge in [-0.15, -0.1) is 0 Å². The number of hydrogen-bond acceptors (Lipinski definition) is 4. The summed E-state index contributed by atoms with van der Waals surface area (Å²) < 4.78 is 7.03. The Bertz CT molecular complexity index is 1380. The van der Waals surface area contributed by atoms with Gasteiger partial charge >= 0.3 is 0 Å². The van der Waals surface area contributed by atoms with Crippen LogP contribution in [0.25, 0.3) is 16.8 Å². The SMILES string of the molecule is CCCCN(CC(=O)Nc1c(-c2ccccc2)c(C)nn1-c1ccc(OC)cc1)C(=O)c1ccc(C)cc1. The molecule has 0 bridgehead atoms. The van der Waals surface area contributed by atoms with Crippen molar-refractivity contribution in [2.24, 2.45) is 0 Å². The van der Waals surface area contributed by atoms with Crippen LogP contribution in [0.15, 0.2) is 78.9 Å². The van der Waals surface area contributed by atoms with E-state index in [0.29, 0.717) is 17.9 Å². The number of rotatable bonds is 10. The summed E-state index contributed by atoms with van der Waals surface area (Å²) >= 11 is 0. The highest BCUT2D eigenvalue weighted by Crippen LogP contribution is 2.33. The number of nitrogens with one attached hydrogen (secondary N) is 1. The fourth-order valence-electron chi connectivity index (χ4n) is 4.33. The highest BCUT2D eigenvalue weighted by atomic mass is 16.5. The molecule has 196 valence electrons. The summed E-state index contributed by atoms with van der Waals surface area (Å²) in [5.74, 6) is 0.847. The quantitative estimate of drug-likeness (QED) is 0.282. The largest absolute Gasteiger partial charge is 0.497 e. The van der Waals surface area contributed by atoms with Crippen LogP contribution in [0.5, 0.6) is 5.75 Å². The van der Waals surface area contributed by atoms with Gasteiger partial charge in [-0.1, -0.05) is 61.4 Å². The Labute approximate surface area is 224 Å². The first-order chi connectivity index (χ1) is 18.4. The maximum Gasteiger partial charge on any atom is 0.254 e. The number of aryl methyl sites for hydroxylation is 2. The fraction of sp³-hybridized carbons (Fsp3) is 0.258. The van der Waals surface area contributed by atoms with Crippen molar-refractivity contribution < 1.29 is 14.3 Å². The van der Waals surface area contributed by atoms with E-state index in [4.69, 9.17) is 9.84 Å². The third-order valence-electron chi connectivity index (χ3n) is 6.40. The number of ether oxygens (including phenoxy) is 1. The van der Waals surface area contributed by atoms with Crippen LogP contribution < -0.4 is 10.1 Å². The van der Waals surface area contributed by atoms with Crippen molar-refractivity contribution in [2.45, 2.75) is 33.6 Å². The number of methoxy groups -OCH3 is 1. The van der Waals surface area contributed by atoms with E-state index in [1.54, 1.807) is 16.7 Å². The number of amides is 2. The van der Waals surface area contributed by atoms with Crippen molar-refractivity contribution in [3.05, 3.63) is 95.7 Å². The van der Waals surface area contributed by atoms with E-state index >= 15 is 0 Å². The van der Waals surface area contributed by atoms with Gasteiger partial charge in [-0.2, -0.15) is 5.10 Å². The molecule has 0 saturated carbocycles. The summed E-state index contributed by atoms with van der Waals surface area (Å²) in [6, 6.07) is 24.8. The van der Waals surface area contributed by atoms with Gasteiger partial charge in [0.15, 0.2) is 0 Å². The second kappa shape index (κ2) is 12.2. The molecule has 0 aliphatic carbocycles. The summed E-state index contributed by atoms with van der Waals surface area (Å²) in [5, 5.41) is 7.85. The van der Waals surface area contributed by atoms with E-state index in [1.165, 1.54) is 0 Å². The van der Waals surface area contributed by atoms with Gasteiger partial charge in [0.05, 0.1) is 18.5 Å². The predicted octanol–water partition coefficient (Wildman–Crippen LogP) is 6.05. The fourth-order valence-corrected chi connectivity index (χ4v) is 4.33. The average Bonchev–Trinajstić information content (AvgIpc) is 3.26. The molecule has 1 aromatic heterocycles. The lowest BCUT2D eigenvalue weighted by Gasteiger charge is -2.22. The highest BCUT2D eigenvalue weighted by Gasteiger charge is 2.23. The lowest BCUT2D eigenvalue weighted by Crippen LogP contribution is -2.39. The predicted molar refractivity (Wildman–Crippen MR) is 151 cm³/mol. The van der Waals surface area contributed by atoms with Crippen LogP contribution in [0.3, 0.4) is 0 Å². The second-order valence-corrected chi connectivity index (χ2v) is 9.28. The molecule has 0 atom stereocenters. The molecule has 1 heterocycles. The van der Waals surface area contributed by atoms with Gasteiger partial charge in [0.1, 0.15) is 18.1 Å². The molecule has 4 aromatic rings. The smallest absolute Gasteiger partial charge is 0.254 e. The number of nitrogens with zero attached hydrogens (tertiary/aromatic N) is 3. The first-order valence-corrected chi connectivity index (χ1v) is 12.9. The first kappa shape index (κ1) is 26.7. The van der Waals surface area contributed by atoms with Gasteiger partial charge in [0, 0.05) is 17.7 Å². The van der Waals surface area contributed by atoms with E-state index in [0.717, 1.165) is 46.7 Å². The Kier molecular flexibility index (Phi) is 8.58. The highest BCUT2D eigenvalue weighted by molar-refractivity contribution is 6.01.